The molecule has 7 heteroatoms. The van der Waals surface area contributed by atoms with Crippen LogP contribution in [-0.4, -0.2) is 20.3 Å². The van der Waals surface area contributed by atoms with Gasteiger partial charge in [0.1, 0.15) is 11.5 Å². The Morgan fingerprint density at radius 1 is 1.00 bits per heavy atom. The van der Waals surface area contributed by atoms with Crippen molar-refractivity contribution < 1.29 is 9.60 Å². The van der Waals surface area contributed by atoms with Gasteiger partial charge in [-0.15, -0.1) is 0 Å². The van der Waals surface area contributed by atoms with Crippen LogP contribution < -0.4 is 0 Å². The minimum atomic E-state index is -0.315. The lowest BCUT2D eigenvalue weighted by Gasteiger charge is -2.10. The van der Waals surface area contributed by atoms with Gasteiger partial charge in [0, 0.05) is 17.3 Å². The SMILES string of the molecule is O/N=C(\c1c(Cl)cccc1Cl)c1ccc2cnc(-c3ccc(F)cc3)cn12. The lowest BCUT2D eigenvalue weighted by Crippen LogP contribution is -2.09. The molecular formula is C20H12Cl2FN3O. The van der Waals surface area contributed by atoms with E-state index in [1.807, 2.05) is 10.5 Å². The summed E-state index contributed by atoms with van der Waals surface area (Å²) in [7, 11) is 0. The molecule has 0 fully saturated rings. The minimum Gasteiger partial charge on any atom is -0.410 e. The molecule has 0 amide bonds. The van der Waals surface area contributed by atoms with Gasteiger partial charge < -0.3 is 9.61 Å². The van der Waals surface area contributed by atoms with Crippen LogP contribution in [0, 0.1) is 5.82 Å². The molecule has 0 aliphatic heterocycles. The van der Waals surface area contributed by atoms with E-state index in [-0.39, 0.29) is 11.5 Å². The third-order valence-electron chi connectivity index (χ3n) is 4.22. The van der Waals surface area contributed by atoms with Gasteiger partial charge in [-0.2, -0.15) is 0 Å². The highest BCUT2D eigenvalue weighted by Gasteiger charge is 2.19. The van der Waals surface area contributed by atoms with Crippen LogP contribution in [0.15, 0.2) is 72.1 Å². The number of benzene rings is 2. The average molecular weight is 400 g/mol. The standard InChI is InChI=1S/C20H12Cl2FN3O/c21-15-2-1-3-16(22)19(15)20(25-27)18-9-8-14-10-24-17(11-26(14)18)12-4-6-13(23)7-5-12/h1-11,27H/b25-20-. The summed E-state index contributed by atoms with van der Waals surface area (Å²) in [5.74, 6) is -0.315. The second-order valence-corrected chi connectivity index (χ2v) is 6.65. The summed E-state index contributed by atoms with van der Waals surface area (Å²) in [4.78, 5) is 4.42. The molecule has 4 nitrogen and oxygen atoms in total. The maximum atomic E-state index is 13.2. The summed E-state index contributed by atoms with van der Waals surface area (Å²) in [6, 6.07) is 14.8. The third kappa shape index (κ3) is 3.16. The molecule has 0 saturated heterocycles. The number of fused-ring (bicyclic) bond motifs is 1. The van der Waals surface area contributed by atoms with Crippen molar-refractivity contribution in [2.45, 2.75) is 0 Å². The Labute approximate surface area is 164 Å². The molecule has 0 unspecified atom stereocenters. The molecule has 2 heterocycles. The molecule has 2 aromatic carbocycles. The van der Waals surface area contributed by atoms with Crippen LogP contribution in [0.3, 0.4) is 0 Å². The lowest BCUT2D eigenvalue weighted by molar-refractivity contribution is 0.319. The third-order valence-corrected chi connectivity index (χ3v) is 4.85. The molecule has 0 atom stereocenters. The first-order valence-corrected chi connectivity index (χ1v) is 8.74. The molecule has 27 heavy (non-hydrogen) atoms. The van der Waals surface area contributed by atoms with Gasteiger partial charge in [-0.3, -0.25) is 4.98 Å². The minimum absolute atomic E-state index is 0.238. The first-order valence-electron chi connectivity index (χ1n) is 7.98. The molecule has 1 N–H and O–H groups in total. The monoisotopic (exact) mass is 399 g/mol. The highest BCUT2D eigenvalue weighted by Crippen LogP contribution is 2.29. The van der Waals surface area contributed by atoms with Crippen molar-refractivity contribution >= 4 is 34.4 Å². The van der Waals surface area contributed by atoms with Crippen molar-refractivity contribution in [1.29, 1.82) is 0 Å². The zero-order valence-corrected chi connectivity index (χ0v) is 15.3. The van der Waals surface area contributed by atoms with E-state index < -0.39 is 0 Å². The molecule has 4 rings (SSSR count). The first kappa shape index (κ1) is 17.5. The van der Waals surface area contributed by atoms with Gasteiger partial charge >= 0.3 is 0 Å². The van der Waals surface area contributed by atoms with Gasteiger partial charge in [0.25, 0.3) is 0 Å². The van der Waals surface area contributed by atoms with Crippen LogP contribution in [0.5, 0.6) is 0 Å². The highest BCUT2D eigenvalue weighted by atomic mass is 35.5. The molecule has 0 saturated carbocycles. The Bertz CT molecular complexity index is 1150. The topological polar surface area (TPSA) is 49.9 Å². The number of halogens is 3. The Hall–Kier alpha value is -2.89. The fraction of sp³-hybridized carbons (Fsp3) is 0. The predicted octanol–water partition coefficient (Wildman–Crippen LogP) is 5.67. The van der Waals surface area contributed by atoms with Crippen molar-refractivity contribution in [2.75, 3.05) is 0 Å². The highest BCUT2D eigenvalue weighted by molar-refractivity contribution is 6.41. The Morgan fingerprint density at radius 2 is 1.70 bits per heavy atom. The molecule has 0 bridgehead atoms. The Kier molecular flexibility index (Phi) is 4.56. The van der Waals surface area contributed by atoms with E-state index in [2.05, 4.69) is 10.1 Å². The number of oxime groups is 1. The molecule has 0 aliphatic rings. The van der Waals surface area contributed by atoms with Crippen molar-refractivity contribution in [3.8, 4) is 11.3 Å². The maximum absolute atomic E-state index is 13.2. The van der Waals surface area contributed by atoms with E-state index in [4.69, 9.17) is 23.2 Å². The largest absolute Gasteiger partial charge is 0.410 e. The lowest BCUT2D eigenvalue weighted by atomic mass is 10.1. The van der Waals surface area contributed by atoms with Crippen molar-refractivity contribution in [1.82, 2.24) is 9.38 Å². The second kappa shape index (κ2) is 7.02. The fourth-order valence-corrected chi connectivity index (χ4v) is 3.50. The zero-order chi connectivity index (χ0) is 19.0. The predicted molar refractivity (Wildman–Crippen MR) is 104 cm³/mol. The van der Waals surface area contributed by atoms with E-state index in [1.165, 1.54) is 12.1 Å². The van der Waals surface area contributed by atoms with Crippen LogP contribution in [0.1, 0.15) is 11.3 Å². The fourth-order valence-electron chi connectivity index (χ4n) is 2.92. The maximum Gasteiger partial charge on any atom is 0.136 e. The van der Waals surface area contributed by atoms with Crippen LogP contribution >= 0.6 is 23.2 Å². The molecule has 4 aromatic rings. The Balaban J connectivity index is 1.89. The van der Waals surface area contributed by atoms with Crippen molar-refractivity contribution in [3.63, 3.8) is 0 Å². The molecular weight excluding hydrogens is 388 g/mol. The van der Waals surface area contributed by atoms with E-state index in [0.717, 1.165) is 11.1 Å². The summed E-state index contributed by atoms with van der Waals surface area (Å²) in [6.07, 6.45) is 3.47. The zero-order valence-electron chi connectivity index (χ0n) is 13.8. The number of nitrogens with zero attached hydrogens (tertiary/aromatic N) is 3. The Morgan fingerprint density at radius 3 is 2.37 bits per heavy atom. The molecule has 0 radical (unpaired) electrons. The number of hydrogen-bond acceptors (Lipinski definition) is 3. The quantitative estimate of drug-likeness (QED) is 0.274. The van der Waals surface area contributed by atoms with Gasteiger partial charge in [0.05, 0.1) is 33.1 Å². The van der Waals surface area contributed by atoms with Crippen LogP contribution in [0.2, 0.25) is 10.0 Å². The van der Waals surface area contributed by atoms with E-state index >= 15 is 0 Å². The molecule has 134 valence electrons. The summed E-state index contributed by atoms with van der Waals surface area (Å²) < 4.78 is 15.0. The number of hydrogen-bond donors (Lipinski definition) is 1. The van der Waals surface area contributed by atoms with Crippen LogP contribution in [-0.2, 0) is 0 Å². The summed E-state index contributed by atoms with van der Waals surface area (Å²) >= 11 is 12.6. The van der Waals surface area contributed by atoms with Gasteiger partial charge in [-0.25, -0.2) is 4.39 Å². The summed E-state index contributed by atoms with van der Waals surface area (Å²) in [6.45, 7) is 0. The first-order chi connectivity index (χ1) is 13.1. The van der Waals surface area contributed by atoms with E-state index in [0.29, 0.717) is 27.0 Å². The summed E-state index contributed by atoms with van der Waals surface area (Å²) in [5, 5.41) is 13.9. The van der Waals surface area contributed by atoms with Gasteiger partial charge in [-0.1, -0.05) is 34.4 Å². The normalized spacial score (nSPS) is 11.9. The molecule has 0 spiro atoms. The second-order valence-electron chi connectivity index (χ2n) is 5.84. The van der Waals surface area contributed by atoms with E-state index in [1.54, 1.807) is 48.8 Å². The summed E-state index contributed by atoms with van der Waals surface area (Å²) in [5.41, 5.74) is 3.46. The number of aromatic nitrogens is 2. The van der Waals surface area contributed by atoms with Crippen LogP contribution in [0.25, 0.3) is 16.8 Å². The van der Waals surface area contributed by atoms with Crippen molar-refractivity contribution in [3.05, 3.63) is 94.1 Å². The molecule has 2 aromatic heterocycles. The van der Waals surface area contributed by atoms with Gasteiger partial charge in [0.15, 0.2) is 0 Å². The molecule has 0 aliphatic carbocycles. The number of rotatable bonds is 3. The van der Waals surface area contributed by atoms with E-state index in [9.17, 15) is 9.60 Å². The van der Waals surface area contributed by atoms with Gasteiger partial charge in [-0.05, 0) is 48.5 Å². The average Bonchev–Trinajstić information content (AvgIpc) is 3.08. The smallest absolute Gasteiger partial charge is 0.136 e. The van der Waals surface area contributed by atoms with Gasteiger partial charge in [0.2, 0.25) is 0 Å². The van der Waals surface area contributed by atoms with Crippen molar-refractivity contribution in [2.24, 2.45) is 5.16 Å². The van der Waals surface area contributed by atoms with Crippen LogP contribution in [0.4, 0.5) is 4.39 Å².